The number of halogens is 1. The maximum Gasteiger partial charge on any atom is 0.310 e. The van der Waals surface area contributed by atoms with Crippen LogP contribution in [0.25, 0.3) is 0 Å². The normalized spacial score (nSPS) is 10.2. The maximum absolute atomic E-state index is 11.8. The molecule has 0 N–H and O–H groups in total. The molecular formula is C17H17BrO3. The van der Waals surface area contributed by atoms with Crippen LogP contribution in [0.5, 0.6) is 5.75 Å². The lowest BCUT2D eigenvalue weighted by atomic mass is 10.1. The molecule has 0 aliphatic heterocycles. The van der Waals surface area contributed by atoms with Gasteiger partial charge in [-0.1, -0.05) is 40.2 Å². The van der Waals surface area contributed by atoms with Crippen molar-refractivity contribution in [3.05, 3.63) is 64.1 Å². The van der Waals surface area contributed by atoms with Gasteiger partial charge in [-0.2, -0.15) is 0 Å². The number of ether oxygens (including phenoxy) is 2. The molecule has 0 heterocycles. The van der Waals surface area contributed by atoms with E-state index in [-0.39, 0.29) is 12.4 Å². The van der Waals surface area contributed by atoms with Gasteiger partial charge in [0.15, 0.2) is 0 Å². The largest absolute Gasteiger partial charge is 0.494 e. The minimum Gasteiger partial charge on any atom is -0.494 e. The maximum atomic E-state index is 11.8. The van der Waals surface area contributed by atoms with Crippen molar-refractivity contribution >= 4 is 21.9 Å². The first-order chi connectivity index (χ1) is 10.2. The van der Waals surface area contributed by atoms with E-state index in [1.165, 1.54) is 0 Å². The molecule has 0 bridgehead atoms. The fourth-order valence-electron chi connectivity index (χ4n) is 1.83. The Morgan fingerprint density at radius 3 is 2.24 bits per heavy atom. The number of esters is 1. The molecule has 0 aromatic heterocycles. The van der Waals surface area contributed by atoms with Crippen LogP contribution in [0.2, 0.25) is 0 Å². The molecule has 0 aliphatic carbocycles. The summed E-state index contributed by atoms with van der Waals surface area (Å²) in [5.41, 5.74) is 1.89. The van der Waals surface area contributed by atoms with E-state index in [4.69, 9.17) is 9.47 Å². The van der Waals surface area contributed by atoms with Gasteiger partial charge >= 0.3 is 5.97 Å². The minimum atomic E-state index is -0.234. The second kappa shape index (κ2) is 7.84. The van der Waals surface area contributed by atoms with Crippen LogP contribution in [0.1, 0.15) is 18.1 Å². The Balaban J connectivity index is 1.82. The number of carbonyl (C=O) groups is 1. The van der Waals surface area contributed by atoms with Crippen LogP contribution < -0.4 is 4.74 Å². The average Bonchev–Trinajstić information content (AvgIpc) is 2.49. The molecule has 0 amide bonds. The monoisotopic (exact) mass is 348 g/mol. The van der Waals surface area contributed by atoms with Gasteiger partial charge in [0.05, 0.1) is 13.0 Å². The van der Waals surface area contributed by atoms with Gasteiger partial charge in [-0.15, -0.1) is 0 Å². The van der Waals surface area contributed by atoms with E-state index in [9.17, 15) is 4.79 Å². The highest BCUT2D eigenvalue weighted by molar-refractivity contribution is 9.10. The van der Waals surface area contributed by atoms with Crippen LogP contribution >= 0.6 is 15.9 Å². The van der Waals surface area contributed by atoms with Crippen LogP contribution in [0.4, 0.5) is 0 Å². The summed E-state index contributed by atoms with van der Waals surface area (Å²) >= 11 is 3.37. The van der Waals surface area contributed by atoms with Gasteiger partial charge in [-0.3, -0.25) is 4.79 Å². The van der Waals surface area contributed by atoms with Gasteiger partial charge in [-0.25, -0.2) is 0 Å². The quantitative estimate of drug-likeness (QED) is 0.736. The standard InChI is InChI=1S/C17H17BrO3/c1-2-20-16-9-5-13(6-10-16)11-17(19)21-12-14-3-7-15(18)8-4-14/h3-10H,2,11-12H2,1H3. The molecule has 0 radical (unpaired) electrons. The molecule has 2 rings (SSSR count). The Bertz CT molecular complexity index is 576. The zero-order chi connectivity index (χ0) is 15.1. The van der Waals surface area contributed by atoms with E-state index in [0.717, 1.165) is 21.3 Å². The molecular weight excluding hydrogens is 332 g/mol. The SMILES string of the molecule is CCOc1ccc(CC(=O)OCc2ccc(Br)cc2)cc1. The van der Waals surface area contributed by atoms with Crippen LogP contribution in [0.15, 0.2) is 53.0 Å². The summed E-state index contributed by atoms with van der Waals surface area (Å²) in [6.07, 6.45) is 0.267. The average molecular weight is 349 g/mol. The smallest absolute Gasteiger partial charge is 0.310 e. The van der Waals surface area contributed by atoms with Crippen LogP contribution in [0, 0.1) is 0 Å². The van der Waals surface area contributed by atoms with Crippen molar-refractivity contribution in [1.29, 1.82) is 0 Å². The van der Waals surface area contributed by atoms with Crippen molar-refractivity contribution in [2.24, 2.45) is 0 Å². The summed E-state index contributed by atoms with van der Waals surface area (Å²) in [6.45, 7) is 2.87. The molecule has 2 aromatic rings. The number of benzene rings is 2. The van der Waals surface area contributed by atoms with Gasteiger partial charge < -0.3 is 9.47 Å². The van der Waals surface area contributed by atoms with E-state index in [0.29, 0.717) is 13.2 Å². The zero-order valence-electron chi connectivity index (χ0n) is 11.8. The third kappa shape index (κ3) is 5.23. The molecule has 0 unspecified atom stereocenters. The van der Waals surface area contributed by atoms with Gasteiger partial charge in [-0.05, 0) is 42.3 Å². The molecule has 0 atom stereocenters. The summed E-state index contributed by atoms with van der Waals surface area (Å²) in [7, 11) is 0. The first-order valence-corrected chi connectivity index (χ1v) is 7.58. The Morgan fingerprint density at radius 2 is 1.62 bits per heavy atom. The summed E-state index contributed by atoms with van der Waals surface area (Å²) in [6, 6.07) is 15.2. The van der Waals surface area contributed by atoms with Crippen molar-refractivity contribution in [3.63, 3.8) is 0 Å². The fraction of sp³-hybridized carbons (Fsp3) is 0.235. The lowest BCUT2D eigenvalue weighted by molar-refractivity contribution is -0.144. The molecule has 0 spiro atoms. The molecule has 3 nitrogen and oxygen atoms in total. The highest BCUT2D eigenvalue weighted by Crippen LogP contribution is 2.14. The molecule has 4 heteroatoms. The molecule has 110 valence electrons. The molecule has 0 fully saturated rings. The van der Waals surface area contributed by atoms with Gasteiger partial charge in [0, 0.05) is 4.47 Å². The molecule has 21 heavy (non-hydrogen) atoms. The highest BCUT2D eigenvalue weighted by atomic mass is 79.9. The van der Waals surface area contributed by atoms with Crippen molar-refractivity contribution in [3.8, 4) is 5.75 Å². The van der Waals surface area contributed by atoms with Crippen molar-refractivity contribution in [1.82, 2.24) is 0 Å². The number of carbonyl (C=O) groups excluding carboxylic acids is 1. The fourth-order valence-corrected chi connectivity index (χ4v) is 2.10. The van der Waals surface area contributed by atoms with Gasteiger partial charge in [0.1, 0.15) is 12.4 Å². The Kier molecular flexibility index (Phi) is 5.81. The number of hydrogen-bond donors (Lipinski definition) is 0. The van der Waals surface area contributed by atoms with Crippen molar-refractivity contribution in [2.45, 2.75) is 20.0 Å². The third-order valence-corrected chi connectivity index (χ3v) is 3.42. The third-order valence-electron chi connectivity index (χ3n) is 2.90. The Hall–Kier alpha value is -1.81. The minimum absolute atomic E-state index is 0.234. The van der Waals surface area contributed by atoms with E-state index in [2.05, 4.69) is 15.9 Å². The van der Waals surface area contributed by atoms with Crippen LogP contribution in [0.3, 0.4) is 0 Å². The van der Waals surface area contributed by atoms with E-state index < -0.39 is 0 Å². The summed E-state index contributed by atoms with van der Waals surface area (Å²) in [5, 5.41) is 0. The van der Waals surface area contributed by atoms with E-state index in [1.54, 1.807) is 0 Å². The Labute approximate surface area is 133 Å². The molecule has 0 aliphatic rings. The lowest BCUT2D eigenvalue weighted by Gasteiger charge is -2.06. The van der Waals surface area contributed by atoms with Crippen molar-refractivity contribution in [2.75, 3.05) is 6.61 Å². The van der Waals surface area contributed by atoms with Gasteiger partial charge in [0.25, 0.3) is 0 Å². The summed E-state index contributed by atoms with van der Waals surface area (Å²) in [5.74, 6) is 0.576. The first kappa shape index (κ1) is 15.6. The second-order valence-corrected chi connectivity index (χ2v) is 5.46. The summed E-state index contributed by atoms with van der Waals surface area (Å²) in [4.78, 5) is 11.8. The molecule has 0 saturated heterocycles. The van der Waals surface area contributed by atoms with E-state index in [1.807, 2.05) is 55.5 Å². The molecule has 2 aromatic carbocycles. The van der Waals surface area contributed by atoms with Crippen LogP contribution in [-0.2, 0) is 22.6 Å². The van der Waals surface area contributed by atoms with Gasteiger partial charge in [0.2, 0.25) is 0 Å². The zero-order valence-corrected chi connectivity index (χ0v) is 13.4. The number of hydrogen-bond acceptors (Lipinski definition) is 3. The topological polar surface area (TPSA) is 35.5 Å². The number of rotatable bonds is 6. The summed E-state index contributed by atoms with van der Waals surface area (Å²) < 4.78 is 11.6. The molecule has 0 saturated carbocycles. The predicted octanol–water partition coefficient (Wildman–Crippen LogP) is 4.13. The van der Waals surface area contributed by atoms with Crippen LogP contribution in [-0.4, -0.2) is 12.6 Å². The lowest BCUT2D eigenvalue weighted by Crippen LogP contribution is -2.08. The second-order valence-electron chi connectivity index (χ2n) is 4.54. The predicted molar refractivity (Wildman–Crippen MR) is 85.3 cm³/mol. The highest BCUT2D eigenvalue weighted by Gasteiger charge is 2.05. The van der Waals surface area contributed by atoms with E-state index >= 15 is 0 Å². The van der Waals surface area contributed by atoms with Crippen molar-refractivity contribution < 1.29 is 14.3 Å². The first-order valence-electron chi connectivity index (χ1n) is 6.79. The Morgan fingerprint density at radius 1 is 1.00 bits per heavy atom.